The molecule has 0 saturated carbocycles. The highest BCUT2D eigenvalue weighted by atomic mass is 35.5. The fraction of sp³-hybridized carbons (Fsp3) is 0.0909. The van der Waals surface area contributed by atoms with E-state index in [9.17, 15) is 15.2 Å². The van der Waals surface area contributed by atoms with Gasteiger partial charge in [-0.05, 0) is 19.1 Å². The Morgan fingerprint density at radius 3 is 2.95 bits per heavy atom. The summed E-state index contributed by atoms with van der Waals surface area (Å²) in [4.78, 5) is 14.4. The van der Waals surface area contributed by atoms with Gasteiger partial charge in [0.1, 0.15) is 16.3 Å². The van der Waals surface area contributed by atoms with Gasteiger partial charge >= 0.3 is 0 Å². The van der Waals surface area contributed by atoms with E-state index in [2.05, 4.69) is 15.5 Å². The topological polar surface area (TPSA) is 101 Å². The van der Waals surface area contributed by atoms with Gasteiger partial charge in [0.25, 0.3) is 5.69 Å². The Hall–Kier alpha value is -2.19. The van der Waals surface area contributed by atoms with Gasteiger partial charge in [0, 0.05) is 5.38 Å². The number of hydrogen-bond acceptors (Lipinski definition) is 7. The zero-order valence-corrected chi connectivity index (χ0v) is 11.8. The van der Waals surface area contributed by atoms with Crippen LogP contribution in [-0.2, 0) is 0 Å². The molecule has 0 amide bonds. The summed E-state index contributed by atoms with van der Waals surface area (Å²) in [5.41, 5.74) is 3.00. The number of halogens is 1. The smallest absolute Gasteiger partial charge is 0.300 e. The molecule has 0 spiro atoms. The van der Waals surface area contributed by atoms with Gasteiger partial charge in [-0.2, -0.15) is 5.10 Å². The normalized spacial score (nSPS) is 10.9. The number of rotatable bonds is 4. The highest BCUT2D eigenvalue weighted by Gasteiger charge is 2.21. The van der Waals surface area contributed by atoms with Gasteiger partial charge in [-0.3, -0.25) is 15.5 Å². The maximum Gasteiger partial charge on any atom is 0.300 e. The van der Waals surface area contributed by atoms with Crippen molar-refractivity contribution in [2.75, 3.05) is 5.43 Å². The number of nitro benzene ring substituents is 1. The largest absolute Gasteiger partial charge is 0.507 e. The number of thiazole rings is 1. The quantitative estimate of drug-likeness (QED) is 0.513. The summed E-state index contributed by atoms with van der Waals surface area (Å²) in [6.07, 6.45) is 1.14. The van der Waals surface area contributed by atoms with Gasteiger partial charge in [0.2, 0.25) is 5.13 Å². The summed E-state index contributed by atoms with van der Waals surface area (Å²) in [6, 6.07) is 2.52. The summed E-state index contributed by atoms with van der Waals surface area (Å²) >= 11 is 7.09. The number of hydrazone groups is 1. The van der Waals surface area contributed by atoms with Crippen LogP contribution in [0.5, 0.6) is 5.75 Å². The molecule has 0 aliphatic rings. The fourth-order valence-corrected chi connectivity index (χ4v) is 2.31. The zero-order chi connectivity index (χ0) is 14.7. The Morgan fingerprint density at radius 1 is 1.60 bits per heavy atom. The molecule has 2 N–H and O–H groups in total. The molecule has 0 radical (unpaired) electrons. The molecule has 2 rings (SSSR count). The van der Waals surface area contributed by atoms with Crippen LogP contribution in [0.3, 0.4) is 0 Å². The summed E-state index contributed by atoms with van der Waals surface area (Å²) < 4.78 is 0. The second kappa shape index (κ2) is 5.85. The van der Waals surface area contributed by atoms with Crippen molar-refractivity contribution in [3.8, 4) is 5.75 Å². The molecule has 0 atom stereocenters. The first kappa shape index (κ1) is 14.2. The third-order valence-electron chi connectivity index (χ3n) is 2.30. The highest BCUT2D eigenvalue weighted by Crippen LogP contribution is 2.33. The molecule has 104 valence electrons. The summed E-state index contributed by atoms with van der Waals surface area (Å²) in [5.74, 6) is -0.276. The van der Waals surface area contributed by atoms with Crippen LogP contribution < -0.4 is 5.43 Å². The molecule has 1 heterocycles. The van der Waals surface area contributed by atoms with E-state index in [0.29, 0.717) is 5.13 Å². The maximum atomic E-state index is 10.9. The van der Waals surface area contributed by atoms with Crippen molar-refractivity contribution in [1.29, 1.82) is 0 Å². The van der Waals surface area contributed by atoms with Crippen LogP contribution in [0.15, 0.2) is 22.6 Å². The Labute approximate surface area is 122 Å². The van der Waals surface area contributed by atoms with E-state index in [4.69, 9.17) is 11.6 Å². The van der Waals surface area contributed by atoms with Crippen molar-refractivity contribution in [3.05, 3.63) is 43.9 Å². The highest BCUT2D eigenvalue weighted by molar-refractivity contribution is 7.13. The van der Waals surface area contributed by atoms with Crippen LogP contribution in [-0.4, -0.2) is 21.2 Å². The molecule has 1 aromatic heterocycles. The van der Waals surface area contributed by atoms with E-state index in [1.54, 1.807) is 0 Å². The maximum absolute atomic E-state index is 10.9. The lowest BCUT2D eigenvalue weighted by Gasteiger charge is -2.02. The number of benzene rings is 1. The number of nitrogens with zero attached hydrogens (tertiary/aromatic N) is 3. The molecular formula is C11H9ClN4O3S. The molecule has 0 unspecified atom stereocenters. The van der Waals surface area contributed by atoms with Crippen LogP contribution in [0, 0.1) is 17.0 Å². The molecule has 0 bridgehead atoms. The summed E-state index contributed by atoms with van der Waals surface area (Å²) in [6.45, 7) is 1.83. The van der Waals surface area contributed by atoms with Gasteiger partial charge in [-0.25, -0.2) is 4.98 Å². The Bertz CT molecular complexity index is 686. The number of aromatic hydroxyl groups is 1. The minimum Gasteiger partial charge on any atom is -0.507 e. The average molecular weight is 313 g/mol. The van der Waals surface area contributed by atoms with E-state index in [1.165, 1.54) is 23.5 Å². The lowest BCUT2D eigenvalue weighted by molar-refractivity contribution is -0.384. The van der Waals surface area contributed by atoms with Crippen LogP contribution in [0.1, 0.15) is 11.3 Å². The number of nitrogens with one attached hydrogen (secondary N) is 1. The standard InChI is InChI=1S/C11H9ClN4O3S/c1-6-5-20-11(14-6)15-13-4-7-9(17)3-2-8(12)10(7)16(18)19/h2-5,17H,1H3,(H,14,15). The predicted molar refractivity (Wildman–Crippen MR) is 77.8 cm³/mol. The van der Waals surface area contributed by atoms with E-state index in [1.807, 2.05) is 12.3 Å². The molecule has 1 aromatic carbocycles. The summed E-state index contributed by atoms with van der Waals surface area (Å²) in [7, 11) is 0. The second-order valence-electron chi connectivity index (χ2n) is 3.75. The van der Waals surface area contributed by atoms with E-state index >= 15 is 0 Å². The first-order chi connectivity index (χ1) is 9.49. The van der Waals surface area contributed by atoms with Crippen molar-refractivity contribution in [1.82, 2.24) is 4.98 Å². The van der Waals surface area contributed by atoms with Crippen molar-refractivity contribution in [3.63, 3.8) is 0 Å². The summed E-state index contributed by atoms with van der Waals surface area (Å²) in [5, 5.41) is 26.7. The van der Waals surface area contributed by atoms with Gasteiger partial charge in [-0.15, -0.1) is 11.3 Å². The second-order valence-corrected chi connectivity index (χ2v) is 5.02. The van der Waals surface area contributed by atoms with Crippen LogP contribution in [0.25, 0.3) is 0 Å². The average Bonchev–Trinajstić information content (AvgIpc) is 2.79. The number of anilines is 1. The fourth-order valence-electron chi connectivity index (χ4n) is 1.44. The molecule has 0 aliphatic carbocycles. The van der Waals surface area contributed by atoms with E-state index in [-0.39, 0.29) is 16.3 Å². The third-order valence-corrected chi connectivity index (χ3v) is 3.47. The van der Waals surface area contributed by atoms with E-state index in [0.717, 1.165) is 11.9 Å². The Morgan fingerprint density at radius 2 is 2.35 bits per heavy atom. The number of hydrogen-bond donors (Lipinski definition) is 2. The first-order valence-corrected chi connectivity index (χ1v) is 6.62. The number of nitro groups is 1. The lowest BCUT2D eigenvalue weighted by Crippen LogP contribution is -1.98. The predicted octanol–water partition coefficient (Wildman–Crippen LogP) is 3.16. The van der Waals surface area contributed by atoms with Crippen molar-refractivity contribution in [2.24, 2.45) is 5.10 Å². The Kier molecular flexibility index (Phi) is 4.16. The molecule has 9 heteroatoms. The van der Waals surface area contributed by atoms with Gasteiger partial charge in [-0.1, -0.05) is 11.6 Å². The van der Waals surface area contributed by atoms with Crippen molar-refractivity contribution >= 4 is 40.0 Å². The molecule has 7 nitrogen and oxygen atoms in total. The van der Waals surface area contributed by atoms with Crippen molar-refractivity contribution in [2.45, 2.75) is 6.92 Å². The number of phenols is 1. The van der Waals surface area contributed by atoms with Gasteiger partial charge in [0.15, 0.2) is 0 Å². The number of aromatic nitrogens is 1. The van der Waals surface area contributed by atoms with E-state index < -0.39 is 10.6 Å². The molecule has 0 saturated heterocycles. The molecular weight excluding hydrogens is 304 g/mol. The number of aryl methyl sites for hydroxylation is 1. The molecule has 2 aromatic rings. The first-order valence-electron chi connectivity index (χ1n) is 5.36. The Balaban J connectivity index is 2.28. The van der Waals surface area contributed by atoms with Crippen LogP contribution in [0.4, 0.5) is 10.8 Å². The lowest BCUT2D eigenvalue weighted by atomic mass is 10.2. The number of phenolic OH excluding ortho intramolecular Hbond substituents is 1. The van der Waals surface area contributed by atoms with Crippen LogP contribution >= 0.6 is 22.9 Å². The molecule has 0 aliphatic heterocycles. The van der Waals surface area contributed by atoms with Gasteiger partial charge in [0.05, 0.1) is 16.8 Å². The monoisotopic (exact) mass is 312 g/mol. The minimum absolute atomic E-state index is 0.0664. The van der Waals surface area contributed by atoms with Crippen molar-refractivity contribution < 1.29 is 10.0 Å². The molecule has 0 fully saturated rings. The SMILES string of the molecule is Cc1csc(NN=Cc2c(O)ccc(Cl)c2[N+](=O)[O-])n1. The third kappa shape index (κ3) is 3.03. The van der Waals surface area contributed by atoms with Gasteiger partial charge < -0.3 is 5.11 Å². The zero-order valence-electron chi connectivity index (χ0n) is 10.2. The minimum atomic E-state index is -0.670. The van der Waals surface area contributed by atoms with Crippen LogP contribution in [0.2, 0.25) is 5.02 Å². The molecule has 20 heavy (non-hydrogen) atoms.